The summed E-state index contributed by atoms with van der Waals surface area (Å²) in [5, 5.41) is 2.74. The Hall–Kier alpha value is -1.79. The molecule has 2 unspecified atom stereocenters. The van der Waals surface area contributed by atoms with E-state index in [1.54, 1.807) is 13.8 Å². The number of esters is 1. The van der Waals surface area contributed by atoms with Crippen LogP contribution in [0.4, 0.5) is 4.79 Å². The van der Waals surface area contributed by atoms with E-state index in [9.17, 15) is 14.4 Å². The minimum Gasteiger partial charge on any atom is -0.466 e. The Balaban J connectivity index is 2.74. The average molecular weight is 286 g/mol. The van der Waals surface area contributed by atoms with Crippen LogP contribution in [-0.4, -0.2) is 55.2 Å². The molecule has 1 N–H and O–H groups in total. The second kappa shape index (κ2) is 7.72. The molecule has 2 amide bonds. The summed E-state index contributed by atoms with van der Waals surface area (Å²) in [6.45, 7) is 6.04. The molecule has 1 aliphatic heterocycles. The molecule has 0 saturated carbocycles. The van der Waals surface area contributed by atoms with Crippen molar-refractivity contribution in [3.63, 3.8) is 0 Å². The zero-order chi connectivity index (χ0) is 15.1. The lowest BCUT2D eigenvalue weighted by molar-refractivity contribution is -0.151. The zero-order valence-corrected chi connectivity index (χ0v) is 12.2. The lowest BCUT2D eigenvalue weighted by Crippen LogP contribution is -2.55. The first-order valence-corrected chi connectivity index (χ1v) is 6.85. The summed E-state index contributed by atoms with van der Waals surface area (Å²) in [7, 11) is 0. The van der Waals surface area contributed by atoms with Gasteiger partial charge in [0.2, 0.25) is 5.91 Å². The number of piperidine rings is 1. The fraction of sp³-hybridized carbons (Fsp3) is 0.769. The summed E-state index contributed by atoms with van der Waals surface area (Å²) >= 11 is 0. The van der Waals surface area contributed by atoms with Gasteiger partial charge in [-0.2, -0.15) is 0 Å². The van der Waals surface area contributed by atoms with Crippen molar-refractivity contribution in [2.75, 3.05) is 26.3 Å². The van der Waals surface area contributed by atoms with Crippen LogP contribution in [0.5, 0.6) is 0 Å². The quantitative estimate of drug-likeness (QED) is 0.762. The maximum Gasteiger partial charge on any atom is 0.409 e. The number of amides is 2. The van der Waals surface area contributed by atoms with Gasteiger partial charge in [0.25, 0.3) is 0 Å². The van der Waals surface area contributed by atoms with E-state index in [0.717, 1.165) is 0 Å². The molecule has 0 aromatic carbocycles. The SMILES string of the molecule is CCOC(=O)C1CN(C(=O)OCC)CCC1NC(C)=O. The number of carbonyl (C=O) groups is 3. The normalized spacial score (nSPS) is 22.1. The van der Waals surface area contributed by atoms with Gasteiger partial charge in [0.05, 0.1) is 19.1 Å². The highest BCUT2D eigenvalue weighted by Crippen LogP contribution is 2.19. The Kier molecular flexibility index (Phi) is 6.27. The van der Waals surface area contributed by atoms with Crippen molar-refractivity contribution in [1.29, 1.82) is 0 Å². The van der Waals surface area contributed by atoms with Crippen LogP contribution in [0.15, 0.2) is 0 Å². The molecule has 0 aliphatic carbocycles. The third-order valence-electron chi connectivity index (χ3n) is 3.12. The summed E-state index contributed by atoms with van der Waals surface area (Å²) in [5.74, 6) is -1.16. The Morgan fingerprint density at radius 2 is 1.85 bits per heavy atom. The minimum atomic E-state index is -0.558. The van der Waals surface area contributed by atoms with Crippen LogP contribution in [0.2, 0.25) is 0 Å². The highest BCUT2D eigenvalue weighted by Gasteiger charge is 2.37. The highest BCUT2D eigenvalue weighted by atomic mass is 16.6. The second-order valence-electron chi connectivity index (χ2n) is 4.60. The maximum atomic E-state index is 12.0. The molecule has 114 valence electrons. The van der Waals surface area contributed by atoms with Gasteiger partial charge < -0.3 is 19.7 Å². The van der Waals surface area contributed by atoms with Crippen molar-refractivity contribution in [2.24, 2.45) is 5.92 Å². The van der Waals surface area contributed by atoms with Crippen molar-refractivity contribution in [2.45, 2.75) is 33.2 Å². The van der Waals surface area contributed by atoms with E-state index in [1.165, 1.54) is 11.8 Å². The molecule has 1 saturated heterocycles. The molecule has 2 atom stereocenters. The molecular formula is C13H22N2O5. The molecule has 20 heavy (non-hydrogen) atoms. The molecule has 0 bridgehead atoms. The molecule has 7 nitrogen and oxygen atoms in total. The highest BCUT2D eigenvalue weighted by molar-refractivity contribution is 5.78. The molecular weight excluding hydrogens is 264 g/mol. The van der Waals surface area contributed by atoms with Crippen molar-refractivity contribution in [3.8, 4) is 0 Å². The Morgan fingerprint density at radius 1 is 1.20 bits per heavy atom. The molecule has 0 aromatic rings. The Bertz CT molecular complexity index is 372. The van der Waals surface area contributed by atoms with Crippen molar-refractivity contribution in [1.82, 2.24) is 10.2 Å². The number of hydrogen-bond acceptors (Lipinski definition) is 5. The first kappa shape index (κ1) is 16.3. The van der Waals surface area contributed by atoms with Crippen LogP contribution >= 0.6 is 0 Å². The predicted octanol–water partition coefficient (Wildman–Crippen LogP) is 0.533. The number of nitrogens with zero attached hydrogens (tertiary/aromatic N) is 1. The van der Waals surface area contributed by atoms with Crippen LogP contribution in [0.3, 0.4) is 0 Å². The van der Waals surface area contributed by atoms with Crippen LogP contribution < -0.4 is 5.32 Å². The number of hydrogen-bond donors (Lipinski definition) is 1. The maximum absolute atomic E-state index is 12.0. The number of nitrogens with one attached hydrogen (secondary N) is 1. The fourth-order valence-corrected chi connectivity index (χ4v) is 2.25. The first-order chi connectivity index (χ1) is 9.49. The van der Waals surface area contributed by atoms with E-state index in [-0.39, 0.29) is 31.7 Å². The first-order valence-electron chi connectivity index (χ1n) is 6.85. The van der Waals surface area contributed by atoms with Gasteiger partial charge in [-0.15, -0.1) is 0 Å². The molecule has 7 heteroatoms. The van der Waals surface area contributed by atoms with E-state index in [4.69, 9.17) is 9.47 Å². The molecule has 0 spiro atoms. The third kappa shape index (κ3) is 4.40. The van der Waals surface area contributed by atoms with Gasteiger partial charge in [-0.25, -0.2) is 4.79 Å². The van der Waals surface area contributed by atoms with Gasteiger partial charge in [0.15, 0.2) is 0 Å². The number of carbonyl (C=O) groups excluding carboxylic acids is 3. The molecule has 1 aliphatic rings. The molecule has 1 fully saturated rings. The number of ether oxygens (including phenoxy) is 2. The summed E-state index contributed by atoms with van der Waals surface area (Å²) in [6, 6.07) is -0.308. The number of likely N-dealkylation sites (tertiary alicyclic amines) is 1. The summed E-state index contributed by atoms with van der Waals surface area (Å²) in [4.78, 5) is 36.3. The second-order valence-corrected chi connectivity index (χ2v) is 4.60. The summed E-state index contributed by atoms with van der Waals surface area (Å²) in [6.07, 6.45) is 0.0603. The predicted molar refractivity (Wildman–Crippen MR) is 70.9 cm³/mol. The van der Waals surface area contributed by atoms with Gasteiger partial charge in [0, 0.05) is 26.1 Å². The van der Waals surface area contributed by atoms with Crippen molar-refractivity contribution >= 4 is 18.0 Å². The largest absolute Gasteiger partial charge is 0.466 e. The van der Waals surface area contributed by atoms with Crippen molar-refractivity contribution < 1.29 is 23.9 Å². The van der Waals surface area contributed by atoms with Gasteiger partial charge in [-0.05, 0) is 20.3 Å². The van der Waals surface area contributed by atoms with E-state index in [1.807, 2.05) is 0 Å². The van der Waals surface area contributed by atoms with Crippen LogP contribution in [0.1, 0.15) is 27.2 Å². The van der Waals surface area contributed by atoms with Crippen molar-refractivity contribution in [3.05, 3.63) is 0 Å². The smallest absolute Gasteiger partial charge is 0.409 e. The fourth-order valence-electron chi connectivity index (χ4n) is 2.25. The van der Waals surface area contributed by atoms with Crippen LogP contribution in [-0.2, 0) is 19.1 Å². The summed E-state index contributed by atoms with van der Waals surface area (Å²) < 4.78 is 9.95. The molecule has 1 heterocycles. The Labute approximate surface area is 118 Å². The van der Waals surface area contributed by atoms with E-state index in [2.05, 4.69) is 5.32 Å². The lowest BCUT2D eigenvalue weighted by Gasteiger charge is -2.36. The van der Waals surface area contributed by atoms with E-state index < -0.39 is 18.0 Å². The Morgan fingerprint density at radius 3 is 2.40 bits per heavy atom. The standard InChI is InChI=1S/C13H22N2O5/c1-4-19-12(17)10-8-15(13(18)20-5-2)7-6-11(10)14-9(3)16/h10-11H,4-8H2,1-3H3,(H,14,16). The van der Waals surface area contributed by atoms with Gasteiger partial charge in [-0.1, -0.05) is 0 Å². The van der Waals surface area contributed by atoms with Crippen LogP contribution in [0.25, 0.3) is 0 Å². The van der Waals surface area contributed by atoms with Gasteiger partial charge in [-0.3, -0.25) is 9.59 Å². The zero-order valence-electron chi connectivity index (χ0n) is 12.2. The van der Waals surface area contributed by atoms with Gasteiger partial charge in [0.1, 0.15) is 0 Å². The monoisotopic (exact) mass is 286 g/mol. The molecule has 0 radical (unpaired) electrons. The summed E-state index contributed by atoms with van der Waals surface area (Å²) in [5.41, 5.74) is 0. The topological polar surface area (TPSA) is 84.9 Å². The minimum absolute atomic E-state index is 0.197. The van der Waals surface area contributed by atoms with Crippen LogP contribution in [0, 0.1) is 5.92 Å². The average Bonchev–Trinajstić information content (AvgIpc) is 2.39. The third-order valence-corrected chi connectivity index (χ3v) is 3.12. The molecule has 1 rings (SSSR count). The van der Waals surface area contributed by atoms with Gasteiger partial charge >= 0.3 is 12.1 Å². The lowest BCUT2D eigenvalue weighted by atomic mass is 9.92. The van der Waals surface area contributed by atoms with E-state index in [0.29, 0.717) is 13.0 Å². The molecule has 0 aromatic heterocycles. The number of rotatable bonds is 4. The van der Waals surface area contributed by atoms with E-state index >= 15 is 0 Å².